The zero-order chi connectivity index (χ0) is 22.2. The predicted octanol–water partition coefficient (Wildman–Crippen LogP) is 3.57. The third-order valence-corrected chi connectivity index (χ3v) is 4.93. The number of hydrogen-bond donors (Lipinski definition) is 1. The van der Waals surface area contributed by atoms with E-state index < -0.39 is 34.7 Å². The molecule has 1 aromatic carbocycles. The first-order valence-corrected chi connectivity index (χ1v) is 9.13. The summed E-state index contributed by atoms with van der Waals surface area (Å²) >= 11 is 0. The van der Waals surface area contributed by atoms with Crippen LogP contribution in [0.1, 0.15) is 35.3 Å². The molecule has 1 aliphatic carbocycles. The van der Waals surface area contributed by atoms with E-state index >= 15 is 0 Å². The minimum absolute atomic E-state index is 0.0287. The topological polar surface area (TPSA) is 97.8 Å². The Morgan fingerprint density at radius 2 is 1.87 bits per heavy atom. The molecular formula is C20H14F4N4O3. The van der Waals surface area contributed by atoms with Gasteiger partial charge in [0, 0.05) is 30.3 Å². The van der Waals surface area contributed by atoms with Crippen LogP contribution in [-0.4, -0.2) is 32.1 Å². The summed E-state index contributed by atoms with van der Waals surface area (Å²) in [6.45, 7) is 0. The molecule has 160 valence electrons. The molecule has 0 radical (unpaired) electrons. The number of H-pyrrole nitrogens is 1. The molecule has 3 aromatic rings. The SMILES string of the molecule is O=C(CC1(c2ccc(OC(F)(F)F)c(F)c2)CC1)c1cc(=O)[nH]c(-c2ncccn2)n1. The fraction of sp³-hybridized carbons (Fsp3) is 0.250. The number of alkyl halides is 3. The van der Waals surface area contributed by atoms with Gasteiger partial charge in [0.2, 0.25) is 0 Å². The molecule has 0 atom stereocenters. The van der Waals surface area contributed by atoms with E-state index in [-0.39, 0.29) is 23.8 Å². The summed E-state index contributed by atoms with van der Waals surface area (Å²) in [5.74, 6) is -2.41. The van der Waals surface area contributed by atoms with Crippen molar-refractivity contribution < 1.29 is 27.1 Å². The monoisotopic (exact) mass is 434 g/mol. The fourth-order valence-corrected chi connectivity index (χ4v) is 3.28. The van der Waals surface area contributed by atoms with Crippen molar-refractivity contribution in [3.8, 4) is 17.4 Å². The molecule has 0 aliphatic heterocycles. The second-order valence-electron chi connectivity index (χ2n) is 7.12. The first-order chi connectivity index (χ1) is 14.7. The van der Waals surface area contributed by atoms with Gasteiger partial charge in [-0.25, -0.2) is 19.3 Å². The summed E-state index contributed by atoms with van der Waals surface area (Å²) in [7, 11) is 0. The Hall–Kier alpha value is -3.63. The van der Waals surface area contributed by atoms with Crippen molar-refractivity contribution in [1.29, 1.82) is 0 Å². The summed E-state index contributed by atoms with van der Waals surface area (Å²) in [5.41, 5.74) is -1.02. The number of nitrogens with zero attached hydrogens (tertiary/aromatic N) is 3. The number of rotatable bonds is 6. The van der Waals surface area contributed by atoms with Crippen molar-refractivity contribution >= 4 is 5.78 Å². The minimum Gasteiger partial charge on any atom is -0.403 e. The third kappa shape index (κ3) is 4.60. The molecule has 1 aliphatic rings. The quantitative estimate of drug-likeness (QED) is 0.471. The van der Waals surface area contributed by atoms with E-state index in [0.717, 1.165) is 18.2 Å². The number of hydrogen-bond acceptors (Lipinski definition) is 6. The Bertz CT molecular complexity index is 1190. The molecule has 2 aromatic heterocycles. The van der Waals surface area contributed by atoms with Gasteiger partial charge in [0.1, 0.15) is 5.69 Å². The number of aromatic amines is 1. The van der Waals surface area contributed by atoms with E-state index in [1.807, 2.05) is 0 Å². The van der Waals surface area contributed by atoms with Crippen molar-refractivity contribution in [3.05, 3.63) is 70.2 Å². The molecule has 1 N–H and O–H groups in total. The first-order valence-electron chi connectivity index (χ1n) is 9.13. The molecule has 11 heteroatoms. The molecule has 0 bridgehead atoms. The molecule has 4 rings (SSSR count). The van der Waals surface area contributed by atoms with Crippen LogP contribution < -0.4 is 10.3 Å². The van der Waals surface area contributed by atoms with Crippen molar-refractivity contribution in [1.82, 2.24) is 19.9 Å². The molecule has 0 unspecified atom stereocenters. The van der Waals surface area contributed by atoms with Gasteiger partial charge in [-0.1, -0.05) is 6.07 Å². The Morgan fingerprint density at radius 1 is 1.16 bits per heavy atom. The van der Waals surface area contributed by atoms with E-state index in [0.29, 0.717) is 18.4 Å². The molecular weight excluding hydrogens is 420 g/mol. The highest BCUT2D eigenvalue weighted by Crippen LogP contribution is 2.52. The van der Waals surface area contributed by atoms with E-state index in [1.54, 1.807) is 6.07 Å². The second-order valence-corrected chi connectivity index (χ2v) is 7.12. The Kier molecular flexibility index (Phi) is 5.03. The molecule has 0 amide bonds. The maximum absolute atomic E-state index is 14.1. The maximum Gasteiger partial charge on any atom is 0.573 e. The van der Waals surface area contributed by atoms with Crippen molar-refractivity contribution in [2.75, 3.05) is 0 Å². The summed E-state index contributed by atoms with van der Waals surface area (Å²) < 4.78 is 54.8. The molecule has 0 spiro atoms. The van der Waals surface area contributed by atoms with E-state index in [1.165, 1.54) is 18.5 Å². The van der Waals surface area contributed by atoms with Gasteiger partial charge in [0.05, 0.1) is 0 Å². The Balaban J connectivity index is 1.57. The van der Waals surface area contributed by atoms with E-state index in [2.05, 4.69) is 24.7 Å². The number of carbonyl (C=O) groups is 1. The van der Waals surface area contributed by atoms with E-state index in [9.17, 15) is 27.2 Å². The molecule has 1 saturated carbocycles. The molecule has 0 saturated heterocycles. The van der Waals surface area contributed by atoms with Crippen molar-refractivity contribution in [2.24, 2.45) is 0 Å². The largest absolute Gasteiger partial charge is 0.573 e. The number of ether oxygens (including phenoxy) is 1. The number of ketones is 1. The van der Waals surface area contributed by atoms with Crippen LogP contribution in [0.5, 0.6) is 5.75 Å². The number of benzene rings is 1. The number of aromatic nitrogens is 4. The van der Waals surface area contributed by atoms with E-state index in [4.69, 9.17) is 0 Å². The van der Waals surface area contributed by atoms with Crippen LogP contribution in [0.15, 0.2) is 47.5 Å². The normalized spacial score (nSPS) is 14.8. The average Bonchev–Trinajstić information content (AvgIpc) is 3.49. The van der Waals surface area contributed by atoms with Gasteiger partial charge in [-0.15, -0.1) is 13.2 Å². The van der Waals surface area contributed by atoms with Crippen LogP contribution in [0.2, 0.25) is 0 Å². The molecule has 7 nitrogen and oxygen atoms in total. The van der Waals surface area contributed by atoms with Gasteiger partial charge in [-0.05, 0) is 36.6 Å². The zero-order valence-electron chi connectivity index (χ0n) is 15.7. The van der Waals surface area contributed by atoms with Crippen LogP contribution in [0.3, 0.4) is 0 Å². The van der Waals surface area contributed by atoms with Gasteiger partial charge < -0.3 is 9.72 Å². The molecule has 31 heavy (non-hydrogen) atoms. The highest BCUT2D eigenvalue weighted by atomic mass is 19.4. The third-order valence-electron chi connectivity index (χ3n) is 4.93. The fourth-order valence-electron chi connectivity index (χ4n) is 3.28. The second kappa shape index (κ2) is 7.56. The summed E-state index contributed by atoms with van der Waals surface area (Å²) in [6, 6.07) is 5.76. The molecule has 2 heterocycles. The molecule has 1 fully saturated rings. The summed E-state index contributed by atoms with van der Waals surface area (Å²) in [4.78, 5) is 39.4. The standard InChI is InChI=1S/C20H14F4N4O3/c21-12-8-11(2-3-15(12)31-20(22,23)24)19(4-5-19)10-14(29)13-9-16(30)28-18(27-13)17-25-6-1-7-26-17/h1-3,6-9H,4-5,10H2,(H,27,28,30). The lowest BCUT2D eigenvalue weighted by Crippen LogP contribution is -2.20. The van der Waals surface area contributed by atoms with Crippen molar-refractivity contribution in [3.63, 3.8) is 0 Å². The van der Waals surface area contributed by atoms with Gasteiger partial charge >= 0.3 is 6.36 Å². The number of nitrogens with one attached hydrogen (secondary N) is 1. The number of carbonyl (C=O) groups excluding carboxylic acids is 1. The summed E-state index contributed by atoms with van der Waals surface area (Å²) in [5, 5.41) is 0. The summed E-state index contributed by atoms with van der Waals surface area (Å²) in [6.07, 6.45) is -1.11. The minimum atomic E-state index is -5.01. The van der Waals surface area contributed by atoms with Gasteiger partial charge in [-0.3, -0.25) is 9.59 Å². The van der Waals surface area contributed by atoms with Gasteiger partial charge in [0.15, 0.2) is 29.0 Å². The van der Waals surface area contributed by atoms with Crippen LogP contribution in [-0.2, 0) is 5.41 Å². The average molecular weight is 434 g/mol. The van der Waals surface area contributed by atoms with Crippen LogP contribution in [0.4, 0.5) is 17.6 Å². The van der Waals surface area contributed by atoms with Crippen LogP contribution in [0, 0.1) is 5.82 Å². The smallest absolute Gasteiger partial charge is 0.403 e. The van der Waals surface area contributed by atoms with Gasteiger partial charge in [0.25, 0.3) is 5.56 Å². The highest BCUT2D eigenvalue weighted by molar-refractivity contribution is 5.95. The maximum atomic E-state index is 14.1. The first kappa shape index (κ1) is 20.6. The highest BCUT2D eigenvalue weighted by Gasteiger charge is 2.46. The predicted molar refractivity (Wildman–Crippen MR) is 98.8 cm³/mol. The number of halogens is 4. The lowest BCUT2D eigenvalue weighted by molar-refractivity contribution is -0.275. The lowest BCUT2D eigenvalue weighted by Gasteiger charge is -2.16. The van der Waals surface area contributed by atoms with Gasteiger partial charge in [-0.2, -0.15) is 0 Å². The zero-order valence-corrected chi connectivity index (χ0v) is 15.7. The Morgan fingerprint density at radius 3 is 2.48 bits per heavy atom. The Labute approximate surface area is 172 Å². The van der Waals surface area contributed by atoms with Crippen molar-refractivity contribution in [2.45, 2.75) is 31.0 Å². The van der Waals surface area contributed by atoms with Crippen LogP contribution >= 0.6 is 0 Å². The number of Topliss-reactive ketones (excluding diaryl/α,β-unsaturated/α-hetero) is 1. The lowest BCUT2D eigenvalue weighted by atomic mass is 9.89. The van der Waals surface area contributed by atoms with Crippen LogP contribution in [0.25, 0.3) is 11.6 Å².